The molecule has 2 heterocycles. The van der Waals surface area contributed by atoms with Gasteiger partial charge < -0.3 is 9.64 Å². The molecular formula is C40H41B2NO. The van der Waals surface area contributed by atoms with Crippen LogP contribution in [-0.4, -0.2) is 27.1 Å². The van der Waals surface area contributed by atoms with Crippen molar-refractivity contribution >= 4 is 63.3 Å². The van der Waals surface area contributed by atoms with Crippen LogP contribution in [0, 0.1) is 6.92 Å². The molecule has 0 fully saturated rings. The molecule has 0 unspecified atom stereocenters. The van der Waals surface area contributed by atoms with Crippen molar-refractivity contribution in [2.75, 3.05) is 18.6 Å². The summed E-state index contributed by atoms with van der Waals surface area (Å²) in [4.78, 5) is 2.56. The number of para-hydroxylation sites is 2. The molecule has 4 heteroatoms. The number of aryl methyl sites for hydroxylation is 2. The highest BCUT2D eigenvalue weighted by Crippen LogP contribution is 2.37. The lowest BCUT2D eigenvalue weighted by Gasteiger charge is -2.44. The average molecular weight is 573 g/mol. The Kier molecular flexibility index (Phi) is 8.44. The molecule has 2 aliphatic rings. The number of nitrogens with zero attached hydrogens (tertiary/aromatic N) is 1. The van der Waals surface area contributed by atoms with Gasteiger partial charge in [-0.05, 0) is 65.7 Å². The lowest BCUT2D eigenvalue weighted by molar-refractivity contribution is 0.192. The third kappa shape index (κ3) is 5.41. The number of ether oxygens (including phenoxy) is 1. The minimum Gasteiger partial charge on any atom is -0.385 e. The summed E-state index contributed by atoms with van der Waals surface area (Å²) in [5.41, 5.74) is 15.0. The van der Waals surface area contributed by atoms with E-state index in [2.05, 4.69) is 127 Å². The van der Waals surface area contributed by atoms with Crippen molar-refractivity contribution in [3.63, 3.8) is 0 Å². The molecule has 2 nitrogen and oxygen atoms in total. The van der Waals surface area contributed by atoms with Crippen molar-refractivity contribution in [1.29, 1.82) is 0 Å². The molecule has 5 aromatic rings. The second kappa shape index (κ2) is 12.9. The quantitative estimate of drug-likeness (QED) is 0.147. The first kappa shape index (κ1) is 28.7. The van der Waals surface area contributed by atoms with Crippen molar-refractivity contribution in [1.82, 2.24) is 0 Å². The Labute approximate surface area is 264 Å². The van der Waals surface area contributed by atoms with Crippen LogP contribution in [0.15, 0.2) is 115 Å². The van der Waals surface area contributed by atoms with Gasteiger partial charge in [0.05, 0.1) is 0 Å². The SMILES string of the molecule is COCCCCCCCCc1cccc(B2c3ccccc3N3c4ccc(C)cc4B(c4ccccc4)c4cccc2c43)c1. The average Bonchev–Trinajstić information content (AvgIpc) is 3.06. The molecule has 0 saturated carbocycles. The number of methoxy groups -OCH3 is 1. The van der Waals surface area contributed by atoms with Crippen molar-refractivity contribution in [2.24, 2.45) is 0 Å². The van der Waals surface area contributed by atoms with Gasteiger partial charge in [-0.1, -0.05) is 145 Å². The molecule has 0 aliphatic carbocycles. The highest BCUT2D eigenvalue weighted by Gasteiger charge is 2.42. The molecule has 0 N–H and O–H groups in total. The zero-order valence-corrected chi connectivity index (χ0v) is 26.1. The summed E-state index contributed by atoms with van der Waals surface area (Å²) in [5, 5.41) is 0. The van der Waals surface area contributed by atoms with E-state index >= 15 is 0 Å². The van der Waals surface area contributed by atoms with Crippen LogP contribution >= 0.6 is 0 Å². The fraction of sp³-hybridized carbons (Fsp3) is 0.250. The first-order chi connectivity index (χ1) is 21.7. The summed E-state index contributed by atoms with van der Waals surface area (Å²) >= 11 is 0. The van der Waals surface area contributed by atoms with Crippen LogP contribution in [0.3, 0.4) is 0 Å². The summed E-state index contributed by atoms with van der Waals surface area (Å²) in [6.45, 7) is 3.49. The topological polar surface area (TPSA) is 12.5 Å². The molecular weight excluding hydrogens is 532 g/mol. The smallest absolute Gasteiger partial charge is 0.246 e. The van der Waals surface area contributed by atoms with E-state index in [0.717, 1.165) is 13.0 Å². The predicted octanol–water partition coefficient (Wildman–Crippen LogP) is 5.65. The van der Waals surface area contributed by atoms with E-state index in [9.17, 15) is 0 Å². The van der Waals surface area contributed by atoms with E-state index in [0.29, 0.717) is 0 Å². The largest absolute Gasteiger partial charge is 0.385 e. The summed E-state index contributed by atoms with van der Waals surface area (Å²) in [7, 11) is 1.80. The molecule has 44 heavy (non-hydrogen) atoms. The second-order valence-electron chi connectivity index (χ2n) is 12.6. The van der Waals surface area contributed by atoms with E-state index in [1.807, 2.05) is 0 Å². The summed E-state index contributed by atoms with van der Waals surface area (Å²) < 4.78 is 5.20. The third-order valence-corrected chi connectivity index (χ3v) is 9.65. The van der Waals surface area contributed by atoms with E-state index in [1.54, 1.807) is 7.11 Å². The van der Waals surface area contributed by atoms with Crippen LogP contribution < -0.4 is 37.7 Å². The molecule has 0 atom stereocenters. The lowest BCUT2D eigenvalue weighted by atomic mass is 9.30. The number of fused-ring (bicyclic) bond motifs is 4. The van der Waals surface area contributed by atoms with Crippen molar-refractivity contribution in [3.8, 4) is 0 Å². The van der Waals surface area contributed by atoms with Gasteiger partial charge in [0.15, 0.2) is 0 Å². The monoisotopic (exact) mass is 573 g/mol. The van der Waals surface area contributed by atoms with Gasteiger partial charge in [-0.2, -0.15) is 0 Å². The van der Waals surface area contributed by atoms with Crippen LogP contribution in [0.1, 0.15) is 49.7 Å². The van der Waals surface area contributed by atoms with Gasteiger partial charge in [0.25, 0.3) is 0 Å². The normalized spacial score (nSPS) is 13.0. The Morgan fingerprint density at radius 2 is 1.18 bits per heavy atom. The number of unbranched alkanes of at least 4 members (excludes halogenated alkanes) is 5. The van der Waals surface area contributed by atoms with E-state index in [4.69, 9.17) is 4.74 Å². The molecule has 0 aromatic heterocycles. The van der Waals surface area contributed by atoms with Crippen LogP contribution in [-0.2, 0) is 11.2 Å². The van der Waals surface area contributed by atoms with Crippen LogP contribution in [0.5, 0.6) is 0 Å². The van der Waals surface area contributed by atoms with Gasteiger partial charge in [0.1, 0.15) is 0 Å². The van der Waals surface area contributed by atoms with E-state index in [1.165, 1.54) is 99.5 Å². The highest BCUT2D eigenvalue weighted by atomic mass is 16.5. The van der Waals surface area contributed by atoms with Crippen LogP contribution in [0.2, 0.25) is 0 Å². The van der Waals surface area contributed by atoms with Gasteiger partial charge in [0, 0.05) is 30.8 Å². The molecule has 7 rings (SSSR count). The maximum Gasteiger partial charge on any atom is 0.246 e. The molecule has 2 aliphatic heterocycles. The fourth-order valence-corrected chi connectivity index (χ4v) is 7.63. The van der Waals surface area contributed by atoms with Gasteiger partial charge in [-0.15, -0.1) is 0 Å². The number of anilines is 3. The van der Waals surface area contributed by atoms with Crippen LogP contribution in [0.25, 0.3) is 0 Å². The zero-order chi connectivity index (χ0) is 29.9. The standard InChI is InChI=1S/C40H41B2NO/c1-30-25-26-39-37(28-30)41(32-18-9-7-10-19-32)35-22-15-23-36-40(35)43(39)38-24-12-11-21-34(38)42(36)33-20-14-17-31(29-33)16-8-5-3-4-6-13-27-44-2/h7,9-12,14-15,17-26,28-29H,3-6,8,13,16,27H2,1-2H3. The molecule has 0 radical (unpaired) electrons. The fourth-order valence-electron chi connectivity index (χ4n) is 7.63. The molecule has 0 amide bonds. The minimum atomic E-state index is 0.196. The maximum absolute atomic E-state index is 5.20. The van der Waals surface area contributed by atoms with Crippen LogP contribution in [0.4, 0.5) is 17.1 Å². The Balaban J connectivity index is 1.27. The summed E-state index contributed by atoms with van der Waals surface area (Å²) in [6.07, 6.45) is 8.77. The molecule has 0 bridgehead atoms. The summed E-state index contributed by atoms with van der Waals surface area (Å²) in [5.74, 6) is 0. The third-order valence-electron chi connectivity index (χ3n) is 9.65. The first-order valence-electron chi connectivity index (χ1n) is 16.5. The summed E-state index contributed by atoms with van der Waals surface area (Å²) in [6, 6.07) is 43.7. The van der Waals surface area contributed by atoms with Gasteiger partial charge in [0.2, 0.25) is 13.4 Å². The number of hydrogen-bond acceptors (Lipinski definition) is 2. The number of rotatable bonds is 11. The Morgan fingerprint density at radius 3 is 2.00 bits per heavy atom. The highest BCUT2D eigenvalue weighted by molar-refractivity contribution is 7.02. The van der Waals surface area contributed by atoms with Gasteiger partial charge in [-0.3, -0.25) is 0 Å². The predicted molar refractivity (Wildman–Crippen MR) is 191 cm³/mol. The van der Waals surface area contributed by atoms with E-state index in [-0.39, 0.29) is 13.4 Å². The van der Waals surface area contributed by atoms with Gasteiger partial charge >= 0.3 is 0 Å². The second-order valence-corrected chi connectivity index (χ2v) is 12.6. The van der Waals surface area contributed by atoms with Crippen molar-refractivity contribution < 1.29 is 4.74 Å². The Morgan fingerprint density at radius 1 is 0.545 bits per heavy atom. The molecule has 218 valence electrons. The van der Waals surface area contributed by atoms with E-state index < -0.39 is 0 Å². The Bertz CT molecular complexity index is 1750. The maximum atomic E-state index is 5.20. The molecule has 0 spiro atoms. The van der Waals surface area contributed by atoms with Crippen molar-refractivity contribution in [3.05, 3.63) is 126 Å². The number of benzene rings is 5. The van der Waals surface area contributed by atoms with Gasteiger partial charge in [-0.25, -0.2) is 0 Å². The molecule has 5 aromatic carbocycles. The first-order valence-corrected chi connectivity index (χ1v) is 16.5. The Hall–Kier alpha value is -4.01. The van der Waals surface area contributed by atoms with Crippen molar-refractivity contribution in [2.45, 2.75) is 51.9 Å². The number of hydrogen-bond donors (Lipinski definition) is 0. The zero-order valence-electron chi connectivity index (χ0n) is 26.1. The molecule has 0 saturated heterocycles. The lowest BCUT2D eigenvalue weighted by Crippen LogP contribution is -2.65. The minimum absolute atomic E-state index is 0.196.